The van der Waals surface area contributed by atoms with E-state index in [1.54, 1.807) is 10.7 Å². The molecule has 1 N–H and O–H groups in total. The molecule has 0 unspecified atom stereocenters. The molecule has 0 spiro atoms. The van der Waals surface area contributed by atoms with Gasteiger partial charge in [-0.1, -0.05) is 0 Å². The number of pyridine rings is 1. The highest BCUT2D eigenvalue weighted by Gasteiger charge is 2.29. The van der Waals surface area contributed by atoms with Crippen LogP contribution in [0.25, 0.3) is 0 Å². The maximum Gasteiger partial charge on any atom is 0.301 e. The molecule has 9 nitrogen and oxygen atoms in total. The fraction of sp³-hybridized carbons (Fsp3) is 0.455. The molecule has 0 aliphatic heterocycles. The Morgan fingerprint density at radius 3 is 3.00 bits per heavy atom. The first-order chi connectivity index (χ1) is 10.2. The van der Waals surface area contributed by atoms with Crippen molar-refractivity contribution in [3.63, 3.8) is 0 Å². The Hall–Kier alpha value is -2.23. The van der Waals surface area contributed by atoms with Crippen molar-refractivity contribution in [2.75, 3.05) is 11.9 Å². The third kappa shape index (κ3) is 2.94. The van der Waals surface area contributed by atoms with E-state index in [9.17, 15) is 10.1 Å². The number of nitro groups is 1. The van der Waals surface area contributed by atoms with E-state index in [4.69, 9.17) is 0 Å². The highest BCUT2D eigenvalue weighted by Crippen LogP contribution is 2.39. The SMILES string of the molecule is CCNc1ccc([N+](=O)[O-])c(Sc2nnnn2C2CC2)n1. The third-order valence-electron chi connectivity index (χ3n) is 2.94. The summed E-state index contributed by atoms with van der Waals surface area (Å²) in [7, 11) is 0. The molecule has 1 saturated carbocycles. The molecule has 10 heteroatoms. The Morgan fingerprint density at radius 1 is 1.52 bits per heavy atom. The molecular weight excluding hydrogens is 294 g/mol. The van der Waals surface area contributed by atoms with Crippen LogP contribution < -0.4 is 5.32 Å². The van der Waals surface area contributed by atoms with Gasteiger partial charge >= 0.3 is 5.69 Å². The molecule has 110 valence electrons. The van der Waals surface area contributed by atoms with Gasteiger partial charge in [0, 0.05) is 12.6 Å². The third-order valence-corrected chi connectivity index (χ3v) is 3.88. The number of aromatic nitrogens is 5. The zero-order valence-electron chi connectivity index (χ0n) is 11.3. The molecule has 1 aliphatic rings. The summed E-state index contributed by atoms with van der Waals surface area (Å²) in [4.78, 5) is 15.0. The lowest BCUT2D eigenvalue weighted by molar-refractivity contribution is -0.388. The lowest BCUT2D eigenvalue weighted by Crippen LogP contribution is -2.03. The van der Waals surface area contributed by atoms with Crippen molar-refractivity contribution in [2.24, 2.45) is 0 Å². The van der Waals surface area contributed by atoms with Crippen LogP contribution in [0.3, 0.4) is 0 Å². The summed E-state index contributed by atoms with van der Waals surface area (Å²) >= 11 is 1.12. The van der Waals surface area contributed by atoms with Crippen LogP contribution in [0.4, 0.5) is 11.5 Å². The number of anilines is 1. The van der Waals surface area contributed by atoms with Crippen LogP contribution in [0, 0.1) is 10.1 Å². The molecule has 0 bridgehead atoms. The molecule has 0 atom stereocenters. The Balaban J connectivity index is 1.93. The van der Waals surface area contributed by atoms with Crippen molar-refractivity contribution in [1.29, 1.82) is 0 Å². The van der Waals surface area contributed by atoms with Gasteiger partial charge in [-0.25, -0.2) is 9.67 Å². The molecule has 1 fully saturated rings. The van der Waals surface area contributed by atoms with E-state index in [2.05, 4.69) is 25.8 Å². The van der Waals surface area contributed by atoms with Gasteiger partial charge in [0.15, 0.2) is 5.03 Å². The lowest BCUT2D eigenvalue weighted by atomic mass is 10.4. The molecule has 0 radical (unpaired) electrons. The van der Waals surface area contributed by atoms with E-state index in [1.165, 1.54) is 6.07 Å². The van der Waals surface area contributed by atoms with Gasteiger partial charge in [0.05, 0.1) is 11.0 Å². The zero-order chi connectivity index (χ0) is 14.8. The van der Waals surface area contributed by atoms with Crippen molar-refractivity contribution in [3.8, 4) is 0 Å². The van der Waals surface area contributed by atoms with E-state index < -0.39 is 4.92 Å². The number of rotatable bonds is 6. The Bertz CT molecular complexity index is 670. The molecule has 2 aromatic rings. The van der Waals surface area contributed by atoms with E-state index in [0.29, 0.717) is 23.6 Å². The second kappa shape index (κ2) is 5.64. The minimum absolute atomic E-state index is 0.0491. The average molecular weight is 307 g/mol. The fourth-order valence-electron chi connectivity index (χ4n) is 1.81. The minimum atomic E-state index is -0.448. The number of hydrogen-bond donors (Lipinski definition) is 1. The highest BCUT2D eigenvalue weighted by atomic mass is 32.2. The second-order valence-corrected chi connectivity index (χ2v) is 5.50. The van der Waals surface area contributed by atoms with Gasteiger partial charge in [-0.3, -0.25) is 10.1 Å². The van der Waals surface area contributed by atoms with Crippen LogP contribution in [-0.4, -0.2) is 36.7 Å². The molecule has 1 aliphatic carbocycles. The van der Waals surface area contributed by atoms with Crippen LogP contribution in [0.2, 0.25) is 0 Å². The molecule has 21 heavy (non-hydrogen) atoms. The standard InChI is InChI=1S/C11H13N7O2S/c1-2-12-9-6-5-8(18(19)20)10(13-9)21-11-14-15-16-17(11)7-3-4-7/h5-7H,2-4H2,1H3,(H,12,13). The fourth-order valence-corrected chi connectivity index (χ4v) is 2.73. The van der Waals surface area contributed by atoms with E-state index in [-0.39, 0.29) is 10.7 Å². The molecule has 3 rings (SSSR count). The second-order valence-electron chi connectivity index (χ2n) is 4.55. The summed E-state index contributed by atoms with van der Waals surface area (Å²) in [5, 5.41) is 26.5. The Kier molecular flexibility index (Phi) is 3.69. The molecular formula is C11H13N7O2S. The van der Waals surface area contributed by atoms with Gasteiger partial charge in [0.1, 0.15) is 5.82 Å². The first-order valence-corrected chi connectivity index (χ1v) is 7.35. The number of tetrazole rings is 1. The van der Waals surface area contributed by atoms with Gasteiger partial charge in [0.25, 0.3) is 0 Å². The average Bonchev–Trinajstić information content (AvgIpc) is 3.20. The van der Waals surface area contributed by atoms with Gasteiger partial charge < -0.3 is 5.32 Å². The summed E-state index contributed by atoms with van der Waals surface area (Å²) in [5.41, 5.74) is -0.0491. The van der Waals surface area contributed by atoms with E-state index in [0.717, 1.165) is 24.6 Å². The predicted octanol–water partition coefficient (Wildman–Crippen LogP) is 1.89. The number of nitrogens with one attached hydrogen (secondary N) is 1. The van der Waals surface area contributed by atoms with Crippen molar-refractivity contribution >= 4 is 23.3 Å². The summed E-state index contributed by atoms with van der Waals surface area (Å²) in [5.74, 6) is 0.594. The van der Waals surface area contributed by atoms with Gasteiger partial charge in [-0.05, 0) is 48.0 Å². The first-order valence-electron chi connectivity index (χ1n) is 6.54. The van der Waals surface area contributed by atoms with E-state index >= 15 is 0 Å². The Morgan fingerprint density at radius 2 is 2.33 bits per heavy atom. The topological polar surface area (TPSA) is 112 Å². The van der Waals surface area contributed by atoms with Gasteiger partial charge in [-0.15, -0.1) is 5.10 Å². The lowest BCUT2D eigenvalue weighted by Gasteiger charge is -2.06. The largest absolute Gasteiger partial charge is 0.370 e. The smallest absolute Gasteiger partial charge is 0.301 e. The van der Waals surface area contributed by atoms with Crippen LogP contribution in [0.1, 0.15) is 25.8 Å². The van der Waals surface area contributed by atoms with Crippen molar-refractivity contribution in [3.05, 3.63) is 22.2 Å². The van der Waals surface area contributed by atoms with Crippen molar-refractivity contribution in [1.82, 2.24) is 25.2 Å². The first kappa shape index (κ1) is 13.7. The van der Waals surface area contributed by atoms with Crippen LogP contribution in [-0.2, 0) is 0 Å². The molecule has 0 amide bonds. The quantitative estimate of drug-likeness (QED) is 0.636. The van der Waals surface area contributed by atoms with Crippen LogP contribution >= 0.6 is 11.8 Å². The van der Waals surface area contributed by atoms with Gasteiger partial charge in [0.2, 0.25) is 5.16 Å². The molecule has 0 saturated heterocycles. The zero-order valence-corrected chi connectivity index (χ0v) is 12.1. The predicted molar refractivity (Wildman–Crippen MR) is 75.3 cm³/mol. The summed E-state index contributed by atoms with van der Waals surface area (Å²) in [6, 6.07) is 3.34. The number of nitrogens with zero attached hydrogens (tertiary/aromatic N) is 6. The number of hydrogen-bond acceptors (Lipinski definition) is 8. The molecule has 2 aromatic heterocycles. The maximum absolute atomic E-state index is 11.1. The highest BCUT2D eigenvalue weighted by molar-refractivity contribution is 7.99. The summed E-state index contributed by atoms with van der Waals surface area (Å²) in [6.45, 7) is 2.62. The maximum atomic E-state index is 11.1. The monoisotopic (exact) mass is 307 g/mol. The summed E-state index contributed by atoms with van der Waals surface area (Å²) < 4.78 is 1.70. The van der Waals surface area contributed by atoms with Crippen molar-refractivity contribution < 1.29 is 4.92 Å². The van der Waals surface area contributed by atoms with Crippen LogP contribution in [0.15, 0.2) is 22.3 Å². The summed E-state index contributed by atoms with van der Waals surface area (Å²) in [6.07, 6.45) is 2.07. The normalized spacial score (nSPS) is 14.1. The molecule has 2 heterocycles. The molecule has 0 aromatic carbocycles. The Labute approximate surface area is 124 Å². The van der Waals surface area contributed by atoms with E-state index in [1.807, 2.05) is 6.92 Å². The van der Waals surface area contributed by atoms with Crippen molar-refractivity contribution in [2.45, 2.75) is 36.0 Å². The minimum Gasteiger partial charge on any atom is -0.370 e. The van der Waals surface area contributed by atoms with Crippen LogP contribution in [0.5, 0.6) is 0 Å². The van der Waals surface area contributed by atoms with Gasteiger partial charge in [-0.2, -0.15) is 0 Å².